The highest BCUT2D eigenvalue weighted by Crippen LogP contribution is 2.18. The van der Waals surface area contributed by atoms with E-state index < -0.39 is 4.92 Å². The lowest BCUT2D eigenvalue weighted by Crippen LogP contribution is -2.17. The molecule has 0 amide bonds. The van der Waals surface area contributed by atoms with Gasteiger partial charge in [-0.2, -0.15) is 0 Å². The molecule has 0 spiro atoms. The molecule has 0 saturated carbocycles. The summed E-state index contributed by atoms with van der Waals surface area (Å²) < 4.78 is 0. The molecule has 0 radical (unpaired) electrons. The molecule has 2 aromatic carbocycles. The lowest BCUT2D eigenvalue weighted by atomic mass is 10.1. The molecule has 4 nitrogen and oxygen atoms in total. The van der Waals surface area contributed by atoms with Crippen molar-refractivity contribution in [1.29, 1.82) is 0 Å². The molecule has 0 unspecified atom stereocenters. The molecule has 0 aliphatic carbocycles. The Labute approximate surface area is 122 Å². The van der Waals surface area contributed by atoms with E-state index in [9.17, 15) is 10.1 Å². The van der Waals surface area contributed by atoms with E-state index in [1.807, 2.05) is 31.3 Å². The van der Waals surface area contributed by atoms with Crippen LogP contribution in [0.25, 0.3) is 0 Å². The first-order valence-corrected chi connectivity index (χ1v) is 6.59. The Morgan fingerprint density at radius 1 is 1.10 bits per heavy atom. The highest BCUT2D eigenvalue weighted by atomic mass is 35.5. The minimum atomic E-state index is -0.392. The number of nitro benzene ring substituents is 1. The smallest absolute Gasteiger partial charge is 0.269 e. The normalized spacial score (nSPS) is 10.8. The third-order valence-electron chi connectivity index (χ3n) is 3.00. The van der Waals surface area contributed by atoms with Crippen LogP contribution in [0.4, 0.5) is 5.69 Å². The van der Waals surface area contributed by atoms with Gasteiger partial charge in [0, 0.05) is 30.2 Å². The molecule has 0 N–H and O–H groups in total. The number of benzene rings is 2. The molecule has 0 bridgehead atoms. The SMILES string of the molecule is CN(Cc1ccc([N+](=O)[O-])cc1)Cc1ccccc1Cl. The Hall–Kier alpha value is -1.91. The molecular weight excluding hydrogens is 276 g/mol. The van der Waals surface area contributed by atoms with Crippen molar-refractivity contribution >= 4 is 17.3 Å². The Kier molecular flexibility index (Phi) is 4.71. The Morgan fingerprint density at radius 3 is 2.35 bits per heavy atom. The zero-order valence-electron chi connectivity index (χ0n) is 11.1. The van der Waals surface area contributed by atoms with E-state index in [0.717, 1.165) is 22.7 Å². The fourth-order valence-electron chi connectivity index (χ4n) is 2.01. The fourth-order valence-corrected chi connectivity index (χ4v) is 2.20. The number of rotatable bonds is 5. The van der Waals surface area contributed by atoms with Gasteiger partial charge < -0.3 is 0 Å². The van der Waals surface area contributed by atoms with Gasteiger partial charge in [-0.05, 0) is 24.2 Å². The third-order valence-corrected chi connectivity index (χ3v) is 3.37. The van der Waals surface area contributed by atoms with Crippen molar-refractivity contribution in [3.63, 3.8) is 0 Å². The number of halogens is 1. The molecule has 5 heteroatoms. The van der Waals surface area contributed by atoms with Crippen LogP contribution in [0.15, 0.2) is 48.5 Å². The zero-order chi connectivity index (χ0) is 14.5. The van der Waals surface area contributed by atoms with Gasteiger partial charge in [-0.1, -0.05) is 41.9 Å². The second-order valence-corrected chi connectivity index (χ2v) is 5.09. The number of hydrogen-bond donors (Lipinski definition) is 0. The average molecular weight is 291 g/mol. The van der Waals surface area contributed by atoms with Crippen LogP contribution in [0.3, 0.4) is 0 Å². The molecule has 104 valence electrons. The first kappa shape index (κ1) is 14.5. The van der Waals surface area contributed by atoms with E-state index in [0.29, 0.717) is 6.54 Å². The van der Waals surface area contributed by atoms with Gasteiger partial charge in [0.15, 0.2) is 0 Å². The van der Waals surface area contributed by atoms with E-state index in [1.165, 1.54) is 12.1 Å². The number of hydrogen-bond acceptors (Lipinski definition) is 3. The molecule has 0 heterocycles. The second-order valence-electron chi connectivity index (χ2n) is 4.69. The van der Waals surface area contributed by atoms with Crippen molar-refractivity contribution in [2.45, 2.75) is 13.1 Å². The van der Waals surface area contributed by atoms with Gasteiger partial charge in [0.05, 0.1) is 4.92 Å². The first-order valence-electron chi connectivity index (χ1n) is 6.21. The maximum atomic E-state index is 10.6. The van der Waals surface area contributed by atoms with E-state index in [1.54, 1.807) is 12.1 Å². The highest BCUT2D eigenvalue weighted by Gasteiger charge is 2.07. The monoisotopic (exact) mass is 290 g/mol. The summed E-state index contributed by atoms with van der Waals surface area (Å²) in [6, 6.07) is 14.3. The lowest BCUT2D eigenvalue weighted by Gasteiger charge is -2.17. The molecule has 0 aromatic heterocycles. The molecule has 0 aliphatic heterocycles. The van der Waals surface area contributed by atoms with Crippen LogP contribution in [-0.2, 0) is 13.1 Å². The van der Waals surface area contributed by atoms with Crippen molar-refractivity contribution in [2.24, 2.45) is 0 Å². The van der Waals surface area contributed by atoms with E-state index in [2.05, 4.69) is 4.90 Å². The summed E-state index contributed by atoms with van der Waals surface area (Å²) in [6.07, 6.45) is 0. The maximum absolute atomic E-state index is 10.6. The number of non-ortho nitro benzene ring substituents is 1. The van der Waals surface area contributed by atoms with Crippen LogP contribution in [0.2, 0.25) is 5.02 Å². The summed E-state index contributed by atoms with van der Waals surface area (Å²) in [5.41, 5.74) is 2.21. The molecule has 0 atom stereocenters. The average Bonchev–Trinajstić information content (AvgIpc) is 2.42. The molecular formula is C15H15ClN2O2. The quantitative estimate of drug-likeness (QED) is 0.620. The van der Waals surface area contributed by atoms with E-state index in [4.69, 9.17) is 11.6 Å². The Bertz CT molecular complexity index is 599. The predicted molar refractivity (Wildman–Crippen MR) is 79.7 cm³/mol. The largest absolute Gasteiger partial charge is 0.298 e. The van der Waals surface area contributed by atoms with Crippen LogP contribution in [0.1, 0.15) is 11.1 Å². The summed E-state index contributed by atoms with van der Waals surface area (Å²) in [4.78, 5) is 12.3. The van der Waals surface area contributed by atoms with Gasteiger partial charge in [-0.15, -0.1) is 0 Å². The molecule has 0 saturated heterocycles. The van der Waals surface area contributed by atoms with Crippen LogP contribution in [-0.4, -0.2) is 16.9 Å². The molecule has 20 heavy (non-hydrogen) atoms. The van der Waals surface area contributed by atoms with Crippen LogP contribution >= 0.6 is 11.6 Å². The van der Waals surface area contributed by atoms with Gasteiger partial charge in [-0.3, -0.25) is 15.0 Å². The van der Waals surface area contributed by atoms with Gasteiger partial charge >= 0.3 is 0 Å². The minimum Gasteiger partial charge on any atom is -0.298 e. The predicted octanol–water partition coefficient (Wildman–Crippen LogP) is 3.88. The standard InChI is InChI=1S/C15H15ClN2O2/c1-17(11-13-4-2-3-5-15(13)16)10-12-6-8-14(9-7-12)18(19)20/h2-9H,10-11H2,1H3. The summed E-state index contributed by atoms with van der Waals surface area (Å²) in [6.45, 7) is 1.44. The van der Waals surface area contributed by atoms with Crippen molar-refractivity contribution < 1.29 is 4.92 Å². The van der Waals surface area contributed by atoms with Gasteiger partial charge in [0.2, 0.25) is 0 Å². The minimum absolute atomic E-state index is 0.113. The van der Waals surface area contributed by atoms with E-state index in [-0.39, 0.29) is 5.69 Å². The van der Waals surface area contributed by atoms with Crippen molar-refractivity contribution in [3.8, 4) is 0 Å². The van der Waals surface area contributed by atoms with Crippen LogP contribution in [0.5, 0.6) is 0 Å². The van der Waals surface area contributed by atoms with Gasteiger partial charge in [0.25, 0.3) is 5.69 Å². The van der Waals surface area contributed by atoms with Crippen LogP contribution < -0.4 is 0 Å². The topological polar surface area (TPSA) is 46.4 Å². The maximum Gasteiger partial charge on any atom is 0.269 e. The molecule has 0 aliphatic rings. The summed E-state index contributed by atoms with van der Waals surface area (Å²) in [7, 11) is 1.99. The van der Waals surface area contributed by atoms with Crippen molar-refractivity contribution in [3.05, 3.63) is 74.8 Å². The van der Waals surface area contributed by atoms with Crippen molar-refractivity contribution in [2.75, 3.05) is 7.05 Å². The summed E-state index contributed by atoms with van der Waals surface area (Å²) in [5.74, 6) is 0. The lowest BCUT2D eigenvalue weighted by molar-refractivity contribution is -0.384. The molecule has 2 rings (SSSR count). The summed E-state index contributed by atoms with van der Waals surface area (Å²) >= 11 is 6.13. The van der Waals surface area contributed by atoms with Crippen molar-refractivity contribution in [1.82, 2.24) is 4.90 Å². The second kappa shape index (κ2) is 6.50. The Morgan fingerprint density at radius 2 is 1.75 bits per heavy atom. The number of nitrogens with zero attached hydrogens (tertiary/aromatic N) is 2. The fraction of sp³-hybridized carbons (Fsp3) is 0.200. The molecule has 0 fully saturated rings. The third kappa shape index (κ3) is 3.79. The van der Waals surface area contributed by atoms with E-state index >= 15 is 0 Å². The summed E-state index contributed by atoms with van der Waals surface area (Å²) in [5, 5.41) is 11.3. The van der Waals surface area contributed by atoms with Gasteiger partial charge in [-0.25, -0.2) is 0 Å². The Balaban J connectivity index is 1.99. The first-order chi connectivity index (χ1) is 9.56. The zero-order valence-corrected chi connectivity index (χ0v) is 11.9. The highest BCUT2D eigenvalue weighted by molar-refractivity contribution is 6.31. The van der Waals surface area contributed by atoms with Gasteiger partial charge in [0.1, 0.15) is 0 Å². The molecule has 2 aromatic rings. The number of nitro groups is 1. The van der Waals surface area contributed by atoms with Crippen LogP contribution in [0, 0.1) is 10.1 Å².